The fraction of sp³-hybridized carbons (Fsp3) is 0.250. The molecule has 0 unspecified atom stereocenters. The predicted octanol–water partition coefficient (Wildman–Crippen LogP) is 4.39. The number of sulfonamides is 1. The Labute approximate surface area is 198 Å². The fourth-order valence-electron chi connectivity index (χ4n) is 3.10. The van der Waals surface area contributed by atoms with Crippen LogP contribution in [0.1, 0.15) is 31.4 Å². The van der Waals surface area contributed by atoms with E-state index in [4.69, 9.17) is 0 Å². The number of nitrogens with one attached hydrogen (secondary N) is 3. The first-order chi connectivity index (χ1) is 15.7. The van der Waals surface area contributed by atoms with Crippen molar-refractivity contribution in [3.05, 3.63) is 77.2 Å². The maximum atomic E-state index is 12.3. The van der Waals surface area contributed by atoms with Gasteiger partial charge in [-0.05, 0) is 52.8 Å². The van der Waals surface area contributed by atoms with Gasteiger partial charge in [0.1, 0.15) is 4.21 Å². The van der Waals surface area contributed by atoms with E-state index in [1.54, 1.807) is 41.8 Å². The predicted molar refractivity (Wildman–Crippen MR) is 132 cm³/mol. The van der Waals surface area contributed by atoms with Gasteiger partial charge in [-0.2, -0.15) is 0 Å². The third kappa shape index (κ3) is 7.73. The quantitative estimate of drug-likeness (QED) is 0.396. The molecule has 0 aliphatic carbocycles. The molecule has 3 aromatic rings. The molecule has 0 aliphatic heterocycles. The van der Waals surface area contributed by atoms with Gasteiger partial charge in [0.05, 0.1) is 6.42 Å². The molecule has 174 valence electrons. The summed E-state index contributed by atoms with van der Waals surface area (Å²) in [5, 5.41) is 7.45. The molecule has 0 atom stereocenters. The van der Waals surface area contributed by atoms with Gasteiger partial charge < -0.3 is 10.6 Å². The lowest BCUT2D eigenvalue weighted by molar-refractivity contribution is -0.120. The molecular formula is C24H27N3O4S2. The molecule has 1 heterocycles. The third-order valence-electron chi connectivity index (χ3n) is 4.62. The Hall–Kier alpha value is -3.17. The average Bonchev–Trinajstić information content (AvgIpc) is 3.29. The topological polar surface area (TPSA) is 104 Å². The fourth-order valence-corrected chi connectivity index (χ4v) is 5.15. The number of anilines is 2. The molecule has 0 bridgehead atoms. The number of benzene rings is 2. The van der Waals surface area contributed by atoms with E-state index in [-0.39, 0.29) is 28.4 Å². The molecule has 0 radical (unpaired) electrons. The van der Waals surface area contributed by atoms with Crippen molar-refractivity contribution in [2.75, 3.05) is 10.0 Å². The molecule has 33 heavy (non-hydrogen) atoms. The van der Waals surface area contributed by atoms with Gasteiger partial charge in [0.15, 0.2) is 0 Å². The van der Waals surface area contributed by atoms with Gasteiger partial charge in [-0.3, -0.25) is 14.3 Å². The monoisotopic (exact) mass is 485 g/mol. The summed E-state index contributed by atoms with van der Waals surface area (Å²) in [4.78, 5) is 24.3. The van der Waals surface area contributed by atoms with Crippen LogP contribution in [-0.2, 0) is 32.6 Å². The van der Waals surface area contributed by atoms with E-state index in [2.05, 4.69) is 15.4 Å². The van der Waals surface area contributed by atoms with Gasteiger partial charge in [-0.25, -0.2) is 8.42 Å². The molecule has 3 rings (SSSR count). The first-order valence-electron chi connectivity index (χ1n) is 10.5. The lowest BCUT2D eigenvalue weighted by Crippen LogP contribution is -2.24. The van der Waals surface area contributed by atoms with Crippen LogP contribution in [0.2, 0.25) is 0 Å². The Balaban J connectivity index is 1.50. The zero-order chi connectivity index (χ0) is 23.8. The molecule has 0 saturated heterocycles. The van der Waals surface area contributed by atoms with Crippen molar-refractivity contribution in [1.82, 2.24) is 5.32 Å². The highest BCUT2D eigenvalue weighted by molar-refractivity contribution is 7.94. The van der Waals surface area contributed by atoms with Gasteiger partial charge in [0.2, 0.25) is 11.8 Å². The van der Waals surface area contributed by atoms with Crippen LogP contribution in [0.5, 0.6) is 0 Å². The number of carbonyl (C=O) groups is 2. The number of rotatable bonds is 10. The van der Waals surface area contributed by atoms with Gasteiger partial charge in [0.25, 0.3) is 10.0 Å². The van der Waals surface area contributed by atoms with Crippen LogP contribution in [0.3, 0.4) is 0 Å². The maximum absolute atomic E-state index is 12.3. The van der Waals surface area contributed by atoms with Crippen LogP contribution in [0.4, 0.5) is 11.4 Å². The highest BCUT2D eigenvalue weighted by Gasteiger charge is 2.15. The summed E-state index contributed by atoms with van der Waals surface area (Å²) in [6.45, 7) is 4.32. The highest BCUT2D eigenvalue weighted by Crippen LogP contribution is 2.20. The first-order valence-corrected chi connectivity index (χ1v) is 12.9. The molecule has 0 spiro atoms. The largest absolute Gasteiger partial charge is 0.352 e. The number of hydrogen-bond acceptors (Lipinski definition) is 5. The summed E-state index contributed by atoms with van der Waals surface area (Å²) in [6.07, 6.45) is 0.623. The normalized spacial score (nSPS) is 11.2. The molecule has 0 saturated carbocycles. The minimum absolute atomic E-state index is 0.0349. The molecule has 2 amide bonds. The van der Waals surface area contributed by atoms with Gasteiger partial charge in [-0.1, -0.05) is 44.2 Å². The lowest BCUT2D eigenvalue weighted by atomic mass is 10.1. The van der Waals surface area contributed by atoms with Crippen molar-refractivity contribution >= 4 is 44.5 Å². The van der Waals surface area contributed by atoms with E-state index in [1.807, 2.05) is 38.1 Å². The highest BCUT2D eigenvalue weighted by atomic mass is 32.2. The maximum Gasteiger partial charge on any atom is 0.271 e. The van der Waals surface area contributed by atoms with Gasteiger partial charge in [0, 0.05) is 24.3 Å². The zero-order valence-corrected chi connectivity index (χ0v) is 20.1. The van der Waals surface area contributed by atoms with Crippen molar-refractivity contribution in [3.8, 4) is 0 Å². The minimum atomic E-state index is -3.60. The van der Waals surface area contributed by atoms with Crippen molar-refractivity contribution in [1.29, 1.82) is 0 Å². The smallest absolute Gasteiger partial charge is 0.271 e. The van der Waals surface area contributed by atoms with Gasteiger partial charge in [-0.15, -0.1) is 11.3 Å². The van der Waals surface area contributed by atoms with E-state index in [0.29, 0.717) is 24.3 Å². The molecule has 0 fully saturated rings. The molecule has 0 aliphatic rings. The number of amides is 2. The standard InChI is InChI=1S/C24H27N3O4S2/c1-17(2)13-23(29)26-21-6-3-5-19(14-21)16-25-22(28)15-18-8-10-20(11-9-18)27-33(30,31)24-7-4-12-32-24/h3-12,14,17,27H,13,15-16H2,1-2H3,(H,25,28)(H,26,29). The lowest BCUT2D eigenvalue weighted by Gasteiger charge is -2.10. The van der Waals surface area contributed by atoms with Crippen LogP contribution in [0.15, 0.2) is 70.3 Å². The summed E-state index contributed by atoms with van der Waals surface area (Å²) in [6, 6.07) is 17.3. The second-order valence-electron chi connectivity index (χ2n) is 8.03. The Bertz CT molecular complexity index is 1190. The summed E-state index contributed by atoms with van der Waals surface area (Å²) in [7, 11) is -3.60. The van der Waals surface area contributed by atoms with Gasteiger partial charge >= 0.3 is 0 Å². The van der Waals surface area contributed by atoms with E-state index in [9.17, 15) is 18.0 Å². The third-order valence-corrected chi connectivity index (χ3v) is 7.40. The Morgan fingerprint density at radius 2 is 1.67 bits per heavy atom. The van der Waals surface area contributed by atoms with Crippen molar-refractivity contribution in [2.45, 2.75) is 37.4 Å². The van der Waals surface area contributed by atoms with Crippen LogP contribution in [0, 0.1) is 5.92 Å². The Morgan fingerprint density at radius 1 is 0.909 bits per heavy atom. The summed E-state index contributed by atoms with van der Waals surface area (Å²) >= 11 is 1.15. The summed E-state index contributed by atoms with van der Waals surface area (Å²) in [5.74, 6) is 0.0891. The molecule has 2 aromatic carbocycles. The molecular weight excluding hydrogens is 458 g/mol. The van der Waals surface area contributed by atoms with Crippen LogP contribution < -0.4 is 15.4 Å². The van der Waals surface area contributed by atoms with E-state index in [0.717, 1.165) is 22.5 Å². The number of hydrogen-bond donors (Lipinski definition) is 3. The number of carbonyl (C=O) groups excluding carboxylic acids is 2. The second-order valence-corrected chi connectivity index (χ2v) is 10.9. The zero-order valence-electron chi connectivity index (χ0n) is 18.5. The van der Waals surface area contributed by atoms with E-state index in [1.165, 1.54) is 0 Å². The van der Waals surface area contributed by atoms with Crippen molar-refractivity contribution in [2.24, 2.45) is 5.92 Å². The average molecular weight is 486 g/mol. The first kappa shape index (κ1) is 24.5. The molecule has 7 nitrogen and oxygen atoms in total. The van der Waals surface area contributed by atoms with E-state index < -0.39 is 10.0 Å². The van der Waals surface area contributed by atoms with E-state index >= 15 is 0 Å². The second kappa shape index (κ2) is 11.1. The van der Waals surface area contributed by atoms with Crippen molar-refractivity contribution < 1.29 is 18.0 Å². The van der Waals surface area contributed by atoms with Crippen molar-refractivity contribution in [3.63, 3.8) is 0 Å². The molecule has 9 heteroatoms. The Kier molecular flexibility index (Phi) is 8.24. The molecule has 1 aromatic heterocycles. The Morgan fingerprint density at radius 3 is 2.33 bits per heavy atom. The SMILES string of the molecule is CC(C)CC(=O)Nc1cccc(CNC(=O)Cc2ccc(NS(=O)(=O)c3cccs3)cc2)c1. The summed E-state index contributed by atoms with van der Waals surface area (Å²) < 4.78 is 27.3. The summed E-state index contributed by atoms with van der Waals surface area (Å²) in [5.41, 5.74) is 2.78. The minimum Gasteiger partial charge on any atom is -0.352 e. The number of thiophene rings is 1. The van der Waals surface area contributed by atoms with Crippen LogP contribution in [-0.4, -0.2) is 20.2 Å². The molecule has 3 N–H and O–H groups in total. The van der Waals surface area contributed by atoms with Crippen LogP contribution in [0.25, 0.3) is 0 Å². The van der Waals surface area contributed by atoms with Crippen LogP contribution >= 0.6 is 11.3 Å².